The van der Waals surface area contributed by atoms with Gasteiger partial charge in [0.1, 0.15) is 23.1 Å². The number of hydrogen-bond acceptors (Lipinski definition) is 5. The number of nitrogens with zero attached hydrogens (tertiary/aromatic N) is 1. The average molecular weight is 373 g/mol. The first-order chi connectivity index (χ1) is 13.7. The summed E-state index contributed by atoms with van der Waals surface area (Å²) >= 11 is 0. The van der Waals surface area contributed by atoms with E-state index < -0.39 is 5.91 Å². The Bertz CT molecular complexity index is 955. The van der Waals surface area contributed by atoms with E-state index in [0.29, 0.717) is 34.7 Å². The summed E-state index contributed by atoms with van der Waals surface area (Å²) in [5.41, 5.74) is 1.96. The maximum absolute atomic E-state index is 12.7. The molecule has 0 bridgehead atoms. The van der Waals surface area contributed by atoms with Gasteiger partial charge in [-0.25, -0.2) is 0 Å². The van der Waals surface area contributed by atoms with E-state index >= 15 is 0 Å². The maximum Gasteiger partial charge on any atom is 0.262 e. The number of ketones is 1. The Morgan fingerprint density at radius 3 is 2.21 bits per heavy atom. The summed E-state index contributed by atoms with van der Waals surface area (Å²) in [7, 11) is 0. The van der Waals surface area contributed by atoms with Crippen molar-refractivity contribution >= 4 is 17.3 Å². The largest absolute Gasteiger partial charge is 0.456 e. The fraction of sp³-hybridized carbons (Fsp3) is 0.136. The lowest BCUT2D eigenvalue weighted by Gasteiger charge is -2.23. The Morgan fingerprint density at radius 1 is 1.04 bits per heavy atom. The van der Waals surface area contributed by atoms with E-state index in [9.17, 15) is 14.9 Å². The second kappa shape index (κ2) is 8.80. The third-order valence-electron chi connectivity index (χ3n) is 4.24. The highest BCUT2D eigenvalue weighted by molar-refractivity contribution is 6.09. The van der Waals surface area contributed by atoms with Gasteiger partial charge in [0.2, 0.25) is 0 Å². The first-order valence-electron chi connectivity index (χ1n) is 8.81. The van der Waals surface area contributed by atoms with E-state index in [2.05, 4.69) is 17.2 Å². The second-order valence-electron chi connectivity index (χ2n) is 6.06. The normalized spacial score (nSPS) is 11.3. The third-order valence-corrected chi connectivity index (χ3v) is 4.24. The molecule has 2 aromatic carbocycles. The molecule has 1 aliphatic heterocycles. The van der Waals surface area contributed by atoms with Crippen molar-refractivity contribution in [2.24, 2.45) is 0 Å². The quantitative estimate of drug-likeness (QED) is 0.377. The molecule has 2 N–H and O–H groups in total. The van der Waals surface area contributed by atoms with Crippen LogP contribution in [0, 0.1) is 11.3 Å². The van der Waals surface area contributed by atoms with Gasteiger partial charge in [0.05, 0.1) is 6.54 Å². The van der Waals surface area contributed by atoms with E-state index in [4.69, 9.17) is 4.74 Å². The Kier molecular flexibility index (Phi) is 6.00. The molecule has 0 unspecified atom stereocenters. The minimum absolute atomic E-state index is 0.0189. The zero-order chi connectivity index (χ0) is 19.9. The molecule has 6 heteroatoms. The molecule has 1 heterocycles. The third kappa shape index (κ3) is 4.00. The molecule has 0 fully saturated rings. The highest BCUT2D eigenvalue weighted by atomic mass is 16.5. The Morgan fingerprint density at radius 2 is 1.64 bits per heavy atom. The predicted octanol–water partition coefficient (Wildman–Crippen LogP) is 2.58. The van der Waals surface area contributed by atoms with Crippen molar-refractivity contribution in [2.45, 2.75) is 0 Å². The van der Waals surface area contributed by atoms with Crippen LogP contribution in [0.5, 0.6) is 11.5 Å². The summed E-state index contributed by atoms with van der Waals surface area (Å²) in [4.78, 5) is 23.9. The van der Waals surface area contributed by atoms with Crippen molar-refractivity contribution in [3.63, 3.8) is 0 Å². The first-order valence-corrected chi connectivity index (χ1v) is 8.81. The molecule has 0 atom stereocenters. The van der Waals surface area contributed by atoms with E-state index in [1.165, 1.54) is 6.08 Å². The fourth-order valence-electron chi connectivity index (χ4n) is 2.91. The molecule has 1 amide bonds. The van der Waals surface area contributed by atoms with Crippen molar-refractivity contribution in [1.29, 1.82) is 5.26 Å². The minimum atomic E-state index is -0.471. The van der Waals surface area contributed by atoms with Crippen molar-refractivity contribution in [2.75, 3.05) is 19.6 Å². The number of nitriles is 1. The molecule has 0 spiro atoms. The first kappa shape index (κ1) is 19.1. The number of rotatable bonds is 7. The van der Waals surface area contributed by atoms with Crippen LogP contribution in [-0.4, -0.2) is 31.3 Å². The molecule has 1 aliphatic rings. The Labute approximate surface area is 163 Å². The fourth-order valence-corrected chi connectivity index (χ4v) is 2.91. The molecule has 6 nitrogen and oxygen atoms in total. The minimum Gasteiger partial charge on any atom is -0.456 e. The van der Waals surface area contributed by atoms with Gasteiger partial charge in [0.15, 0.2) is 5.78 Å². The van der Waals surface area contributed by atoms with Crippen LogP contribution in [0.1, 0.15) is 11.1 Å². The molecule has 2 aromatic rings. The van der Waals surface area contributed by atoms with Gasteiger partial charge in [-0.2, -0.15) is 5.26 Å². The number of fused-ring (bicyclic) bond motifs is 2. The average Bonchev–Trinajstić information content (AvgIpc) is 2.73. The molecular formula is C22H19N3O3. The summed E-state index contributed by atoms with van der Waals surface area (Å²) in [5.74, 6) is 0.602. The number of hydrogen-bond donors (Lipinski definition) is 2. The Hall–Kier alpha value is -3.69. The summed E-state index contributed by atoms with van der Waals surface area (Å²) in [6, 6.07) is 16.7. The predicted molar refractivity (Wildman–Crippen MR) is 106 cm³/mol. The monoisotopic (exact) mass is 373 g/mol. The molecule has 0 saturated heterocycles. The van der Waals surface area contributed by atoms with Crippen LogP contribution in [0.15, 0.2) is 66.8 Å². The van der Waals surface area contributed by atoms with E-state index in [0.717, 1.165) is 0 Å². The molecule has 0 aromatic heterocycles. The maximum atomic E-state index is 12.7. The molecule has 0 saturated carbocycles. The standard InChI is InChI=1S/C22H19N3O3/c1-2-15(26)14-24-11-12-25-22(27)18(13-23)21-16-7-3-5-9-19(16)28-20-10-6-4-8-17(20)21/h2-10,24H,1,11-12,14H2,(H,25,27). The van der Waals surface area contributed by atoms with Crippen LogP contribution in [-0.2, 0) is 9.59 Å². The van der Waals surface area contributed by atoms with Crippen LogP contribution in [0.2, 0.25) is 0 Å². The number of benzene rings is 2. The molecule has 28 heavy (non-hydrogen) atoms. The van der Waals surface area contributed by atoms with Crippen molar-refractivity contribution in [3.05, 3.63) is 77.9 Å². The van der Waals surface area contributed by atoms with Gasteiger partial charge in [0.25, 0.3) is 5.91 Å². The van der Waals surface area contributed by atoms with Gasteiger partial charge in [-0.3, -0.25) is 9.59 Å². The van der Waals surface area contributed by atoms with Crippen LogP contribution < -0.4 is 15.4 Å². The molecule has 140 valence electrons. The second-order valence-corrected chi connectivity index (χ2v) is 6.06. The van der Waals surface area contributed by atoms with Crippen LogP contribution in [0.4, 0.5) is 0 Å². The lowest BCUT2D eigenvalue weighted by Crippen LogP contribution is -2.34. The smallest absolute Gasteiger partial charge is 0.262 e. The van der Waals surface area contributed by atoms with Crippen LogP contribution >= 0.6 is 0 Å². The molecule has 0 radical (unpaired) electrons. The van der Waals surface area contributed by atoms with Crippen molar-refractivity contribution < 1.29 is 14.3 Å². The molecular weight excluding hydrogens is 354 g/mol. The van der Waals surface area contributed by atoms with Gasteiger partial charge in [-0.15, -0.1) is 0 Å². The van der Waals surface area contributed by atoms with Gasteiger partial charge >= 0.3 is 0 Å². The number of para-hydroxylation sites is 2. The van der Waals surface area contributed by atoms with Gasteiger partial charge in [-0.05, 0) is 18.2 Å². The zero-order valence-corrected chi connectivity index (χ0v) is 15.2. The highest BCUT2D eigenvalue weighted by Gasteiger charge is 2.27. The van der Waals surface area contributed by atoms with Crippen LogP contribution in [0.3, 0.4) is 0 Å². The number of carbonyl (C=O) groups excluding carboxylic acids is 2. The lowest BCUT2D eigenvalue weighted by molar-refractivity contribution is -0.117. The number of amides is 1. The topological polar surface area (TPSA) is 91.2 Å². The SMILES string of the molecule is C=CC(=O)CNCCNC(=O)C(C#N)=C1c2ccccc2Oc2ccccc21. The zero-order valence-electron chi connectivity index (χ0n) is 15.2. The number of carbonyl (C=O) groups is 2. The summed E-state index contributed by atoms with van der Waals surface area (Å²) in [6.07, 6.45) is 1.24. The van der Waals surface area contributed by atoms with Crippen molar-refractivity contribution in [1.82, 2.24) is 10.6 Å². The lowest BCUT2D eigenvalue weighted by atomic mass is 9.90. The van der Waals surface area contributed by atoms with E-state index in [1.54, 1.807) is 12.1 Å². The Balaban J connectivity index is 1.86. The van der Waals surface area contributed by atoms with Crippen molar-refractivity contribution in [3.8, 4) is 17.6 Å². The van der Waals surface area contributed by atoms with E-state index in [1.807, 2.05) is 42.5 Å². The van der Waals surface area contributed by atoms with Crippen LogP contribution in [0.25, 0.3) is 5.57 Å². The number of nitrogens with one attached hydrogen (secondary N) is 2. The van der Waals surface area contributed by atoms with Gasteiger partial charge in [-0.1, -0.05) is 43.0 Å². The summed E-state index contributed by atoms with van der Waals surface area (Å²) in [6.45, 7) is 4.23. The highest BCUT2D eigenvalue weighted by Crippen LogP contribution is 2.44. The number of ether oxygens (including phenoxy) is 1. The molecule has 0 aliphatic carbocycles. The van der Waals surface area contributed by atoms with Gasteiger partial charge < -0.3 is 15.4 Å². The summed E-state index contributed by atoms with van der Waals surface area (Å²) < 4.78 is 5.90. The van der Waals surface area contributed by atoms with E-state index in [-0.39, 0.29) is 24.4 Å². The van der Waals surface area contributed by atoms with Gasteiger partial charge in [0, 0.05) is 29.8 Å². The summed E-state index contributed by atoms with van der Waals surface area (Å²) in [5, 5.41) is 15.4. The molecule has 3 rings (SSSR count).